The van der Waals surface area contributed by atoms with E-state index in [1.807, 2.05) is 20.8 Å². The smallest absolute Gasteiger partial charge is 0.339 e. The highest BCUT2D eigenvalue weighted by Crippen LogP contribution is 2.31. The predicted molar refractivity (Wildman–Crippen MR) is 119 cm³/mol. The molecule has 0 fully saturated rings. The molecule has 7 nitrogen and oxygen atoms in total. The first-order chi connectivity index (χ1) is 14.9. The number of benzene rings is 2. The number of carbonyl (C=O) groups is 1. The second-order valence-corrected chi connectivity index (χ2v) is 10.1. The molecule has 0 radical (unpaired) electrons. The minimum absolute atomic E-state index is 0.0238. The van der Waals surface area contributed by atoms with Crippen molar-refractivity contribution in [2.45, 2.75) is 38.6 Å². The van der Waals surface area contributed by atoms with Gasteiger partial charge in [0.1, 0.15) is 10.7 Å². The Balaban J connectivity index is 2.30. The van der Waals surface area contributed by atoms with Crippen LogP contribution in [0.25, 0.3) is 0 Å². The largest absolute Gasteiger partial charge is 0.493 e. The van der Waals surface area contributed by atoms with Crippen molar-refractivity contribution in [1.29, 1.82) is 0 Å². The van der Waals surface area contributed by atoms with E-state index in [0.29, 0.717) is 25.1 Å². The number of amides is 1. The molecule has 32 heavy (non-hydrogen) atoms. The average Bonchev–Trinajstić information content (AvgIpc) is 2.70. The lowest BCUT2D eigenvalue weighted by Gasteiger charge is -2.27. The van der Waals surface area contributed by atoms with Crippen molar-refractivity contribution in [2.24, 2.45) is 5.41 Å². The van der Waals surface area contributed by atoms with Gasteiger partial charge in [-0.3, -0.25) is 4.79 Å². The molecule has 0 aliphatic carbocycles. The van der Waals surface area contributed by atoms with Gasteiger partial charge in [0.25, 0.3) is 0 Å². The summed E-state index contributed by atoms with van der Waals surface area (Å²) in [5.41, 5.74) is 0.480. The summed E-state index contributed by atoms with van der Waals surface area (Å²) in [4.78, 5) is 14.3. The van der Waals surface area contributed by atoms with E-state index in [2.05, 4.69) is 0 Å². The molecule has 0 saturated heterocycles. The number of nitrogens with zero attached hydrogens (tertiary/aromatic N) is 1. The van der Waals surface area contributed by atoms with Crippen molar-refractivity contribution < 1.29 is 31.3 Å². The van der Waals surface area contributed by atoms with Crippen LogP contribution in [0.2, 0.25) is 0 Å². The summed E-state index contributed by atoms with van der Waals surface area (Å²) in [7, 11) is -1.26. The maximum Gasteiger partial charge on any atom is 0.339 e. The molecule has 0 aliphatic rings. The van der Waals surface area contributed by atoms with Crippen LogP contribution in [0.5, 0.6) is 11.5 Å². The zero-order valence-corrected chi connectivity index (χ0v) is 19.9. The molecule has 0 bridgehead atoms. The zero-order valence-electron chi connectivity index (χ0n) is 19.1. The fourth-order valence-corrected chi connectivity index (χ4v) is 3.86. The van der Waals surface area contributed by atoms with E-state index < -0.39 is 15.9 Å². The predicted octanol–water partition coefficient (Wildman–Crippen LogP) is 4.01. The van der Waals surface area contributed by atoms with Crippen molar-refractivity contribution in [3.05, 3.63) is 53.8 Å². The third-order valence-electron chi connectivity index (χ3n) is 4.50. The van der Waals surface area contributed by atoms with E-state index in [1.54, 1.807) is 24.1 Å². The standard InChI is InChI=1S/C23H30FNO6S/c1-23(2,3)15-22(26)25(12-13-29-4)16-17-6-11-20(30-5)21(14-17)31-32(27,28)19-9-7-18(24)8-10-19/h6-11,14H,12-13,15-16H2,1-5H3. The molecule has 9 heteroatoms. The molecular weight excluding hydrogens is 437 g/mol. The summed E-state index contributed by atoms with van der Waals surface area (Å²) in [6, 6.07) is 9.16. The van der Waals surface area contributed by atoms with Gasteiger partial charge in [-0.1, -0.05) is 26.8 Å². The Labute approximate surface area is 189 Å². The fraction of sp³-hybridized carbons (Fsp3) is 0.435. The van der Waals surface area contributed by atoms with Crippen molar-refractivity contribution in [3.63, 3.8) is 0 Å². The minimum atomic E-state index is -4.21. The van der Waals surface area contributed by atoms with E-state index in [-0.39, 0.29) is 34.3 Å². The quantitative estimate of drug-likeness (QED) is 0.491. The highest BCUT2D eigenvalue weighted by molar-refractivity contribution is 7.87. The van der Waals surface area contributed by atoms with Gasteiger partial charge in [-0.15, -0.1) is 0 Å². The monoisotopic (exact) mass is 467 g/mol. The van der Waals surface area contributed by atoms with Crippen LogP contribution in [0.3, 0.4) is 0 Å². The Hall–Kier alpha value is -2.65. The highest BCUT2D eigenvalue weighted by atomic mass is 32.2. The zero-order chi connectivity index (χ0) is 23.9. The van der Waals surface area contributed by atoms with Crippen LogP contribution in [0.1, 0.15) is 32.8 Å². The number of hydrogen-bond acceptors (Lipinski definition) is 6. The molecule has 2 aromatic carbocycles. The van der Waals surface area contributed by atoms with E-state index in [1.165, 1.54) is 13.2 Å². The molecular formula is C23H30FNO6S. The lowest BCUT2D eigenvalue weighted by molar-refractivity contribution is -0.134. The topological polar surface area (TPSA) is 82.1 Å². The Bertz CT molecular complexity index is 1020. The summed E-state index contributed by atoms with van der Waals surface area (Å²) in [5.74, 6) is -0.403. The van der Waals surface area contributed by atoms with E-state index in [9.17, 15) is 17.6 Å². The second-order valence-electron chi connectivity index (χ2n) is 8.52. The van der Waals surface area contributed by atoms with Crippen LogP contribution >= 0.6 is 0 Å². The van der Waals surface area contributed by atoms with Gasteiger partial charge in [0.15, 0.2) is 11.5 Å². The van der Waals surface area contributed by atoms with Gasteiger partial charge >= 0.3 is 10.1 Å². The fourth-order valence-electron chi connectivity index (χ4n) is 2.93. The van der Waals surface area contributed by atoms with Gasteiger partial charge in [-0.05, 0) is 47.4 Å². The number of ether oxygens (including phenoxy) is 2. The SMILES string of the molecule is COCCN(Cc1ccc(OC)c(OS(=O)(=O)c2ccc(F)cc2)c1)C(=O)CC(C)(C)C. The Morgan fingerprint density at radius 1 is 1.03 bits per heavy atom. The van der Waals surface area contributed by atoms with Gasteiger partial charge in [-0.2, -0.15) is 8.42 Å². The van der Waals surface area contributed by atoms with Crippen LogP contribution in [0.4, 0.5) is 4.39 Å². The van der Waals surface area contributed by atoms with Gasteiger partial charge in [0.05, 0.1) is 13.7 Å². The van der Waals surface area contributed by atoms with Gasteiger partial charge < -0.3 is 18.6 Å². The first kappa shape index (κ1) is 25.6. The number of rotatable bonds is 10. The number of halogens is 1. The minimum Gasteiger partial charge on any atom is -0.493 e. The van der Waals surface area contributed by atoms with Crippen molar-refractivity contribution in [2.75, 3.05) is 27.4 Å². The summed E-state index contributed by atoms with van der Waals surface area (Å²) in [5, 5.41) is 0. The van der Waals surface area contributed by atoms with Gasteiger partial charge in [0, 0.05) is 26.6 Å². The third-order valence-corrected chi connectivity index (χ3v) is 5.75. The molecule has 0 atom stereocenters. The molecule has 0 aliphatic heterocycles. The number of hydrogen-bond donors (Lipinski definition) is 0. The summed E-state index contributed by atoms with van der Waals surface area (Å²) >= 11 is 0. The highest BCUT2D eigenvalue weighted by Gasteiger charge is 2.23. The van der Waals surface area contributed by atoms with Crippen molar-refractivity contribution in [3.8, 4) is 11.5 Å². The first-order valence-electron chi connectivity index (χ1n) is 10.1. The summed E-state index contributed by atoms with van der Waals surface area (Å²) < 4.78 is 54.1. The van der Waals surface area contributed by atoms with Crippen LogP contribution in [-0.2, 0) is 26.2 Å². The summed E-state index contributed by atoms with van der Waals surface area (Å²) in [6.07, 6.45) is 0.356. The molecule has 0 unspecified atom stereocenters. The lowest BCUT2D eigenvalue weighted by Crippen LogP contribution is -2.35. The third kappa shape index (κ3) is 7.49. The number of carbonyl (C=O) groups excluding carboxylic acids is 1. The molecule has 2 aromatic rings. The lowest BCUT2D eigenvalue weighted by atomic mass is 9.91. The summed E-state index contributed by atoms with van der Waals surface area (Å²) in [6.45, 7) is 6.96. The van der Waals surface area contributed by atoms with E-state index in [4.69, 9.17) is 13.7 Å². The Kier molecular flexibility index (Phi) is 8.63. The second kappa shape index (κ2) is 10.8. The Morgan fingerprint density at radius 3 is 2.25 bits per heavy atom. The molecule has 0 spiro atoms. The molecule has 1 amide bonds. The van der Waals surface area contributed by atoms with E-state index in [0.717, 1.165) is 24.3 Å². The van der Waals surface area contributed by atoms with Crippen LogP contribution in [0, 0.1) is 11.2 Å². The molecule has 0 aromatic heterocycles. The molecule has 0 saturated carbocycles. The van der Waals surface area contributed by atoms with Gasteiger partial charge in [0.2, 0.25) is 5.91 Å². The molecule has 176 valence electrons. The molecule has 0 N–H and O–H groups in total. The van der Waals surface area contributed by atoms with Gasteiger partial charge in [-0.25, -0.2) is 4.39 Å². The number of methoxy groups -OCH3 is 2. The van der Waals surface area contributed by atoms with E-state index >= 15 is 0 Å². The maximum atomic E-state index is 13.2. The Morgan fingerprint density at radius 2 is 1.69 bits per heavy atom. The maximum absolute atomic E-state index is 13.2. The average molecular weight is 468 g/mol. The van der Waals surface area contributed by atoms with Crippen molar-refractivity contribution >= 4 is 16.0 Å². The molecule has 2 rings (SSSR count). The van der Waals surface area contributed by atoms with Crippen LogP contribution < -0.4 is 8.92 Å². The first-order valence-corrected chi connectivity index (χ1v) is 11.5. The van der Waals surface area contributed by atoms with Crippen LogP contribution in [0.15, 0.2) is 47.4 Å². The molecule has 0 heterocycles. The normalized spacial score (nSPS) is 11.8. The van der Waals surface area contributed by atoms with Crippen molar-refractivity contribution in [1.82, 2.24) is 4.90 Å². The van der Waals surface area contributed by atoms with Crippen LogP contribution in [-0.4, -0.2) is 46.6 Å².